The average Bonchev–Trinajstić information content (AvgIpc) is 2.99. The highest BCUT2D eigenvalue weighted by molar-refractivity contribution is 9.10. The molecule has 18 heavy (non-hydrogen) atoms. The molecule has 4 heteroatoms. The standard InChI is InChI=1S/C14H16BrN3/c1-14(7-2-8-17-14)13-16-9-12(18-13)10-3-5-11(15)6-4-10/h3-6,9,17H,2,7-8H2,1H3,(H,16,18). The molecule has 1 aliphatic heterocycles. The molecule has 1 atom stereocenters. The van der Waals surface area contributed by atoms with Crippen LogP contribution in [0.2, 0.25) is 0 Å². The zero-order valence-corrected chi connectivity index (χ0v) is 11.9. The predicted octanol–water partition coefficient (Wildman–Crippen LogP) is 3.44. The molecule has 3 nitrogen and oxygen atoms in total. The molecule has 94 valence electrons. The lowest BCUT2D eigenvalue weighted by Crippen LogP contribution is -2.34. The first-order chi connectivity index (χ1) is 8.67. The van der Waals surface area contributed by atoms with Gasteiger partial charge in [0.05, 0.1) is 17.4 Å². The van der Waals surface area contributed by atoms with Gasteiger partial charge < -0.3 is 10.3 Å². The molecular formula is C14H16BrN3. The molecular weight excluding hydrogens is 290 g/mol. The van der Waals surface area contributed by atoms with E-state index in [9.17, 15) is 0 Å². The first-order valence-electron chi connectivity index (χ1n) is 6.24. The van der Waals surface area contributed by atoms with Crippen molar-refractivity contribution >= 4 is 15.9 Å². The van der Waals surface area contributed by atoms with Gasteiger partial charge >= 0.3 is 0 Å². The summed E-state index contributed by atoms with van der Waals surface area (Å²) in [6, 6.07) is 8.27. The summed E-state index contributed by atoms with van der Waals surface area (Å²) in [6.45, 7) is 3.29. The fourth-order valence-corrected chi connectivity index (χ4v) is 2.74. The average molecular weight is 306 g/mol. The van der Waals surface area contributed by atoms with Crippen molar-refractivity contribution < 1.29 is 0 Å². The van der Waals surface area contributed by atoms with Crippen LogP contribution >= 0.6 is 15.9 Å². The highest BCUT2D eigenvalue weighted by atomic mass is 79.9. The van der Waals surface area contributed by atoms with Crippen molar-refractivity contribution in [3.63, 3.8) is 0 Å². The van der Waals surface area contributed by atoms with E-state index in [1.165, 1.54) is 12.0 Å². The number of hydrogen-bond acceptors (Lipinski definition) is 2. The first kappa shape index (κ1) is 11.9. The van der Waals surface area contributed by atoms with Gasteiger partial charge in [0, 0.05) is 4.47 Å². The maximum absolute atomic E-state index is 4.54. The van der Waals surface area contributed by atoms with Crippen LogP contribution in [0.25, 0.3) is 11.3 Å². The number of nitrogens with one attached hydrogen (secondary N) is 2. The molecule has 1 aromatic heterocycles. The van der Waals surface area contributed by atoms with Crippen LogP contribution in [0.15, 0.2) is 34.9 Å². The van der Waals surface area contributed by atoms with Crippen LogP contribution in [0.4, 0.5) is 0 Å². The summed E-state index contributed by atoms with van der Waals surface area (Å²) in [7, 11) is 0. The van der Waals surface area contributed by atoms with E-state index in [2.05, 4.69) is 50.3 Å². The fraction of sp³-hybridized carbons (Fsp3) is 0.357. The van der Waals surface area contributed by atoms with E-state index < -0.39 is 0 Å². The number of hydrogen-bond donors (Lipinski definition) is 2. The third kappa shape index (κ3) is 2.10. The van der Waals surface area contributed by atoms with Crippen LogP contribution in [0.5, 0.6) is 0 Å². The Balaban J connectivity index is 1.91. The first-order valence-corrected chi connectivity index (χ1v) is 7.03. The SMILES string of the molecule is CC1(c2ncc(-c3ccc(Br)cc3)[nH]2)CCCN1. The Labute approximate surface area is 115 Å². The van der Waals surface area contributed by atoms with Gasteiger partial charge in [-0.2, -0.15) is 0 Å². The van der Waals surface area contributed by atoms with E-state index in [1.54, 1.807) is 0 Å². The van der Waals surface area contributed by atoms with Gasteiger partial charge in [0.25, 0.3) is 0 Å². The summed E-state index contributed by atoms with van der Waals surface area (Å²) >= 11 is 3.45. The topological polar surface area (TPSA) is 40.7 Å². The Morgan fingerprint density at radius 1 is 1.28 bits per heavy atom. The van der Waals surface area contributed by atoms with Gasteiger partial charge in [-0.15, -0.1) is 0 Å². The van der Waals surface area contributed by atoms with Gasteiger partial charge in [0.15, 0.2) is 0 Å². The largest absolute Gasteiger partial charge is 0.340 e. The second-order valence-corrected chi connectivity index (χ2v) is 5.93. The van der Waals surface area contributed by atoms with Crippen LogP contribution in [0.3, 0.4) is 0 Å². The summed E-state index contributed by atoms with van der Waals surface area (Å²) < 4.78 is 1.09. The van der Waals surface area contributed by atoms with Crippen molar-refractivity contribution in [3.8, 4) is 11.3 Å². The molecule has 0 saturated carbocycles. The van der Waals surface area contributed by atoms with Gasteiger partial charge in [-0.25, -0.2) is 4.98 Å². The minimum Gasteiger partial charge on any atom is -0.340 e. The number of H-pyrrole nitrogens is 1. The lowest BCUT2D eigenvalue weighted by atomic mass is 10.00. The van der Waals surface area contributed by atoms with Crippen molar-refractivity contribution in [2.24, 2.45) is 0 Å². The third-order valence-corrected chi connectivity index (χ3v) is 4.15. The van der Waals surface area contributed by atoms with Crippen LogP contribution in [0.1, 0.15) is 25.6 Å². The molecule has 2 N–H and O–H groups in total. The smallest absolute Gasteiger partial charge is 0.126 e. The number of benzene rings is 1. The Morgan fingerprint density at radius 2 is 2.06 bits per heavy atom. The molecule has 1 aliphatic rings. The third-order valence-electron chi connectivity index (χ3n) is 3.62. The van der Waals surface area contributed by atoms with Crippen molar-refractivity contribution in [1.82, 2.24) is 15.3 Å². The Morgan fingerprint density at radius 3 is 2.72 bits per heavy atom. The van der Waals surface area contributed by atoms with Crippen molar-refractivity contribution in [2.75, 3.05) is 6.54 Å². The molecule has 3 rings (SSSR count). The molecule has 1 unspecified atom stereocenters. The van der Waals surface area contributed by atoms with E-state index in [-0.39, 0.29) is 5.54 Å². The van der Waals surface area contributed by atoms with Gasteiger partial charge in [0.1, 0.15) is 5.82 Å². The summed E-state index contributed by atoms with van der Waals surface area (Å²) in [5.41, 5.74) is 2.25. The van der Waals surface area contributed by atoms with E-state index in [1.807, 2.05) is 18.3 Å². The van der Waals surface area contributed by atoms with Crippen LogP contribution in [-0.4, -0.2) is 16.5 Å². The molecule has 0 aliphatic carbocycles. The van der Waals surface area contributed by atoms with Gasteiger partial charge in [-0.05, 0) is 44.0 Å². The van der Waals surface area contributed by atoms with Crippen molar-refractivity contribution in [2.45, 2.75) is 25.3 Å². The lowest BCUT2D eigenvalue weighted by Gasteiger charge is -2.21. The highest BCUT2D eigenvalue weighted by Gasteiger charge is 2.32. The Bertz CT molecular complexity index is 538. The summed E-state index contributed by atoms with van der Waals surface area (Å²) in [6.07, 6.45) is 4.27. The Hall–Kier alpha value is -1.13. The number of nitrogens with zero attached hydrogens (tertiary/aromatic N) is 1. The second kappa shape index (κ2) is 4.52. The lowest BCUT2D eigenvalue weighted by molar-refractivity contribution is 0.411. The molecule has 0 bridgehead atoms. The summed E-state index contributed by atoms with van der Waals surface area (Å²) in [5.74, 6) is 1.04. The van der Waals surface area contributed by atoms with Crippen LogP contribution in [-0.2, 0) is 5.54 Å². The van der Waals surface area contributed by atoms with Crippen molar-refractivity contribution in [1.29, 1.82) is 0 Å². The van der Waals surface area contributed by atoms with Gasteiger partial charge in [0.2, 0.25) is 0 Å². The molecule has 1 saturated heterocycles. The quantitative estimate of drug-likeness (QED) is 0.892. The molecule has 1 fully saturated rings. The van der Waals surface area contributed by atoms with E-state index in [0.29, 0.717) is 0 Å². The summed E-state index contributed by atoms with van der Waals surface area (Å²) in [4.78, 5) is 7.98. The maximum atomic E-state index is 4.54. The van der Waals surface area contributed by atoms with Gasteiger partial charge in [-0.1, -0.05) is 28.1 Å². The number of rotatable bonds is 2. The second-order valence-electron chi connectivity index (χ2n) is 5.01. The summed E-state index contributed by atoms with van der Waals surface area (Å²) in [5, 5.41) is 3.52. The minimum absolute atomic E-state index is 0.00755. The van der Waals surface area contributed by atoms with Gasteiger partial charge in [-0.3, -0.25) is 0 Å². The van der Waals surface area contributed by atoms with Crippen LogP contribution < -0.4 is 5.32 Å². The molecule has 1 aromatic carbocycles. The molecule has 0 spiro atoms. The van der Waals surface area contributed by atoms with E-state index >= 15 is 0 Å². The monoisotopic (exact) mass is 305 g/mol. The maximum Gasteiger partial charge on any atom is 0.126 e. The zero-order valence-electron chi connectivity index (χ0n) is 10.3. The number of halogens is 1. The van der Waals surface area contributed by atoms with Crippen molar-refractivity contribution in [3.05, 3.63) is 40.8 Å². The zero-order chi connectivity index (χ0) is 12.6. The highest BCUT2D eigenvalue weighted by Crippen LogP contribution is 2.30. The molecule has 0 amide bonds. The molecule has 2 heterocycles. The Kier molecular flexibility index (Phi) is 2.99. The molecule has 0 radical (unpaired) electrons. The van der Waals surface area contributed by atoms with Crippen LogP contribution in [0, 0.1) is 0 Å². The minimum atomic E-state index is 0.00755. The fourth-order valence-electron chi connectivity index (χ4n) is 2.47. The normalized spacial score (nSPS) is 23.4. The number of aromatic amines is 1. The number of imidazole rings is 1. The van der Waals surface area contributed by atoms with E-state index in [4.69, 9.17) is 0 Å². The number of aromatic nitrogens is 2. The van der Waals surface area contributed by atoms with E-state index in [0.717, 1.165) is 29.0 Å². The molecule has 2 aromatic rings. The predicted molar refractivity (Wildman–Crippen MR) is 76.3 cm³/mol.